The highest BCUT2D eigenvalue weighted by atomic mass is 35.5. The van der Waals surface area contributed by atoms with Gasteiger partial charge in [0, 0.05) is 43.7 Å². The Labute approximate surface area is 602 Å². The van der Waals surface area contributed by atoms with Gasteiger partial charge in [0.2, 0.25) is 41.6 Å². The Morgan fingerprint density at radius 2 is 0.798 bits per heavy atom. The summed E-state index contributed by atoms with van der Waals surface area (Å²) in [5.41, 5.74) is 5.68. The Hall–Kier alpha value is -3.14. The van der Waals surface area contributed by atoms with Crippen LogP contribution in [0.25, 0.3) is 0 Å². The van der Waals surface area contributed by atoms with Gasteiger partial charge >= 0.3 is 11.9 Å². The minimum atomic E-state index is -5.23. The highest BCUT2D eigenvalue weighted by Crippen LogP contribution is 2.38. The zero-order valence-corrected chi connectivity index (χ0v) is 60.0. The number of methoxy groups -OCH3 is 2. The minimum absolute atomic E-state index is 0. The second-order valence-electron chi connectivity index (χ2n) is 23.2. The van der Waals surface area contributed by atoms with Crippen LogP contribution in [-0.4, -0.2) is 345 Å². The monoisotopic (exact) mass is 1620 g/mol. The molecule has 0 radical (unpaired) electrons. The van der Waals surface area contributed by atoms with Crippen molar-refractivity contribution >= 4 is 72.2 Å². The molecule has 6 saturated heterocycles. The first-order valence-electron chi connectivity index (χ1n) is 30.6. The first kappa shape index (κ1) is 95.1. The van der Waals surface area contributed by atoms with E-state index in [0.717, 1.165) is 7.11 Å². The molecule has 0 saturated carbocycles. The Bertz CT molecular complexity index is 3130. The molecule has 0 aromatic heterocycles. The normalized spacial score (nSPS) is 36.9. The maximum atomic E-state index is 11.6. The summed E-state index contributed by atoms with van der Waals surface area (Å²) in [5.74, 6) is -2.94. The third-order valence-corrected chi connectivity index (χ3v) is 17.4. The van der Waals surface area contributed by atoms with Gasteiger partial charge in [-0.2, -0.15) is 0 Å². The molecule has 6 aliphatic heterocycles. The lowest BCUT2D eigenvalue weighted by Crippen LogP contribution is -2.64. The van der Waals surface area contributed by atoms with Gasteiger partial charge < -0.3 is 156 Å². The molecule has 0 aliphatic carbocycles. The quantitative estimate of drug-likeness (QED) is 0.00535. The number of aldehydes is 1. The highest BCUT2D eigenvalue weighted by molar-refractivity contribution is 7.81. The number of aliphatic hydroxyl groups excluding tert-OH is 8. The van der Waals surface area contributed by atoms with Crippen LogP contribution in [0.3, 0.4) is 0 Å². The number of hydrogen-bond donors (Lipinski definition) is 9. The fraction of sp³-hybridized carbons (Fsp3) is 0.868. The van der Waals surface area contributed by atoms with Crippen LogP contribution in [0, 0.1) is 11.8 Å². The summed E-state index contributed by atoms with van der Waals surface area (Å²) in [6, 6.07) is 0. The largest absolute Gasteiger partial charge is 0.834 e. The molecule has 610 valence electrons. The van der Waals surface area contributed by atoms with E-state index < -0.39 is 259 Å². The lowest BCUT2D eigenvalue weighted by molar-refractivity contribution is -0.475. The number of unbranched alkanes of at least 4 members (excludes halogenated alkanes) is 1. The fourth-order valence-corrected chi connectivity index (χ4v) is 11.8. The van der Waals surface area contributed by atoms with Crippen molar-refractivity contribution in [3.63, 3.8) is 0 Å². The summed E-state index contributed by atoms with van der Waals surface area (Å²) < 4.78 is 234. The zero-order chi connectivity index (χ0) is 77.8. The summed E-state index contributed by atoms with van der Waals surface area (Å²) in [7, 11) is -18.5. The van der Waals surface area contributed by atoms with Gasteiger partial charge in [0.1, 0.15) is 110 Å². The van der Waals surface area contributed by atoms with Crippen LogP contribution < -0.4 is 15.9 Å². The van der Waals surface area contributed by atoms with Gasteiger partial charge in [-0.3, -0.25) is 16.7 Å². The molecule has 0 amide bonds. The average Bonchev–Trinajstić information content (AvgIpc) is 1.11. The van der Waals surface area contributed by atoms with E-state index in [9.17, 15) is 117 Å². The lowest BCUT2D eigenvalue weighted by atomic mass is 9.92. The number of carbonyl (C=O) groups is 3. The molecule has 6 rings (SSSR count). The average molecular weight is 1620 g/mol. The van der Waals surface area contributed by atoms with Crippen molar-refractivity contribution in [2.45, 2.75) is 207 Å². The molecule has 6 aliphatic rings. The topological polar surface area (TPSA) is 699 Å². The highest BCUT2D eigenvalue weighted by Gasteiger charge is 2.56. The van der Waals surface area contributed by atoms with Crippen molar-refractivity contribution in [3.8, 4) is 0 Å². The van der Waals surface area contributed by atoms with Crippen molar-refractivity contribution in [1.29, 1.82) is 0 Å². The van der Waals surface area contributed by atoms with Crippen LogP contribution in [0.5, 0.6) is 0 Å². The Morgan fingerprint density at radius 3 is 1.13 bits per heavy atom. The molecule has 51 heteroatoms. The van der Waals surface area contributed by atoms with Gasteiger partial charge in [0.05, 0.1) is 51.3 Å². The summed E-state index contributed by atoms with van der Waals surface area (Å²) in [5, 5.41) is 109. The second kappa shape index (κ2) is 43.5. The van der Waals surface area contributed by atoms with E-state index in [1.54, 1.807) is 6.92 Å². The van der Waals surface area contributed by atoms with Crippen LogP contribution in [0.2, 0.25) is 0 Å². The van der Waals surface area contributed by atoms with E-state index in [4.69, 9.17) is 76.8 Å². The smallest absolute Gasteiger partial charge is 0.333 e. The maximum Gasteiger partial charge on any atom is 0.333 e. The predicted molar refractivity (Wildman–Crippen MR) is 322 cm³/mol. The molecule has 0 bridgehead atoms. The van der Waals surface area contributed by atoms with E-state index >= 15 is 0 Å². The summed E-state index contributed by atoms with van der Waals surface area (Å²) in [4.78, 5) is 33.3. The molecular formula is C53H86ClNO45S4-6. The van der Waals surface area contributed by atoms with Gasteiger partial charge in [0.15, 0.2) is 44.0 Å². The molecule has 6 heterocycles. The number of hydrogen-bond acceptors (Lipinski definition) is 46. The van der Waals surface area contributed by atoms with E-state index in [2.05, 4.69) is 34.6 Å². The number of rotatable bonds is 36. The van der Waals surface area contributed by atoms with Gasteiger partial charge in [-0.25, -0.2) is 43.3 Å². The molecule has 0 aromatic rings. The van der Waals surface area contributed by atoms with Crippen LogP contribution in [0.1, 0.15) is 47.0 Å². The maximum absolute atomic E-state index is 11.6. The molecule has 6 fully saturated rings. The molecule has 104 heavy (non-hydrogen) atoms. The lowest BCUT2D eigenvalue weighted by Gasteiger charge is -2.47. The van der Waals surface area contributed by atoms with Crippen LogP contribution >= 0.6 is 12.4 Å². The Kier molecular flexibility index (Phi) is 39.7. The SMILES string of the molecule is C=C(C)C(=O)OCCCC[C@@H]1O[C@H](COS(=O)(=O)[O-])[C@H](O[C@@H]2OC(OC[O-])[C@@H](O[C@H]3OC(COS(=O)(=O)[O-])[C@@H](OC)[C@H](O)C3C)[C@H](O)C2O)C1O.C=C(C)C(=O)OCCN.CO[C@@H]1C(COS(=O)(=O)[O-])O[C@H](O[C@@H]2C(OC[O-])O[C@@H](O[C@@H]3C(O)[C@H](C=O)O[C@@H]3COS(=O)(=O)[O-])C(O)[C@H]2O)C(C)[C@H]1O.Cl. The van der Waals surface area contributed by atoms with E-state index in [-0.39, 0.29) is 49.9 Å². The number of carbonyl (C=O) groups excluding carboxylic acids is 3. The minimum Gasteiger partial charge on any atom is -0.834 e. The van der Waals surface area contributed by atoms with E-state index in [0.29, 0.717) is 25.0 Å². The molecular weight excluding hydrogens is 1530 g/mol. The second-order valence-corrected chi connectivity index (χ2v) is 27.4. The van der Waals surface area contributed by atoms with Crippen molar-refractivity contribution in [2.75, 3.05) is 74.0 Å². The van der Waals surface area contributed by atoms with E-state index in [1.165, 1.54) is 27.9 Å². The Morgan fingerprint density at radius 1 is 0.452 bits per heavy atom. The first-order chi connectivity index (χ1) is 48.0. The molecule has 28 atom stereocenters. The van der Waals surface area contributed by atoms with Crippen molar-refractivity contribution < 1.29 is 210 Å². The first-order valence-corrected chi connectivity index (χ1v) is 36.0. The van der Waals surface area contributed by atoms with Gasteiger partial charge in [0.25, 0.3) is 0 Å². The molecule has 10 N–H and O–H groups in total. The van der Waals surface area contributed by atoms with Crippen LogP contribution in [0.15, 0.2) is 24.3 Å². The number of ether oxygens (including phenoxy) is 16. The van der Waals surface area contributed by atoms with E-state index in [1.807, 2.05) is 0 Å². The summed E-state index contributed by atoms with van der Waals surface area (Å²) in [6.45, 7) is 7.06. The summed E-state index contributed by atoms with van der Waals surface area (Å²) >= 11 is 0. The van der Waals surface area contributed by atoms with Crippen molar-refractivity contribution in [2.24, 2.45) is 17.6 Å². The van der Waals surface area contributed by atoms with Gasteiger partial charge in [-0.1, -0.05) is 27.0 Å². The third kappa shape index (κ3) is 28.9. The number of nitrogens with two attached hydrogens (primary N) is 1. The van der Waals surface area contributed by atoms with Crippen LogP contribution in [0.4, 0.5) is 0 Å². The predicted octanol–water partition coefficient (Wildman–Crippen LogP) is -10.4. The number of esters is 2. The molecule has 46 nitrogen and oxygen atoms in total. The number of aliphatic hydroxyl groups is 8. The van der Waals surface area contributed by atoms with Crippen molar-refractivity contribution in [1.82, 2.24) is 0 Å². The van der Waals surface area contributed by atoms with Crippen LogP contribution in [-0.2, 0) is 149 Å². The van der Waals surface area contributed by atoms with Gasteiger partial charge in [-0.05, 0) is 46.7 Å². The fourth-order valence-electron chi connectivity index (χ4n) is 10.6. The summed E-state index contributed by atoms with van der Waals surface area (Å²) in [6.07, 6.45) is -41.7. The van der Waals surface area contributed by atoms with Gasteiger partial charge in [-0.15, -0.1) is 12.4 Å². The third-order valence-electron chi connectivity index (χ3n) is 15.7. The molecule has 0 spiro atoms. The molecule has 10 unspecified atom stereocenters. The molecule has 0 aromatic carbocycles. The van der Waals surface area contributed by atoms with Crippen molar-refractivity contribution in [3.05, 3.63) is 24.3 Å². The number of halogens is 1. The zero-order valence-electron chi connectivity index (χ0n) is 55.9. The standard InChI is InChI=1S/C27H45O22S2.C20H33O21S2.C6H11NO2.ClH/c1-12(2)24(33)41-8-6-5-7-14-18(30)22(16(45-14)10-44-51(37,38)39)47-26-20(32)19(31)23(27(49-26)42-11-28)48-25-13(3)17(29)21(40-4)15(46-25)9-43-50(34,35)36;1-7-11(23)15(33-2)9(4-35-42(27,28)29)38-18(7)40-17-13(25)14(26)19(41-20(17)34-6-22)39-16-10(5-36-43(30,31)32)37-8(3-21)12(16)24;1-5(2)6(8)9-4-3-7;/h13-23,25-27,29-32H,1,5-11H2,2-4H3,(H,34,35,36)(H,37,38,39);3,7-20,23-26H,4-6H2,1-2H3,(H,27,28,29)(H,30,31,32);1,3-4,7H2,2H3;1H/q2*-1;;/p-4/t13?,14-,15?,16+,17+,18?,19+,20?,21+,22-,23-,25+,26+,27?;7?,8-,9?,10+,11+,12?,13+,14?,15+,16-,17-,18+,19+,20?;;/m00../s1. The Balaban J connectivity index is 0.000000483.